The highest BCUT2D eigenvalue weighted by Gasteiger charge is 2.17. The number of nitrogens with zero attached hydrogens (tertiary/aromatic N) is 1. The Hall–Kier alpha value is -1.37. The molecule has 1 aromatic carbocycles. The average molecular weight is 308 g/mol. The molecule has 94 valence electrons. The lowest BCUT2D eigenvalue weighted by atomic mass is 10.3. The third kappa shape index (κ3) is 2.72. The van der Waals surface area contributed by atoms with Crippen molar-refractivity contribution in [3.8, 4) is 10.9 Å². The number of thiazole rings is 1. The van der Waals surface area contributed by atoms with Crippen LogP contribution in [0.1, 0.15) is 9.67 Å². The maximum absolute atomic E-state index is 13.1. The summed E-state index contributed by atoms with van der Waals surface area (Å²) in [5, 5.41) is 8.59. The van der Waals surface area contributed by atoms with Crippen molar-refractivity contribution in [2.45, 2.75) is 0 Å². The molecule has 0 bridgehead atoms. The predicted molar refractivity (Wildman–Crippen MR) is 65.6 cm³/mol. The normalized spacial score (nSPS) is 10.4. The van der Waals surface area contributed by atoms with E-state index in [1.165, 1.54) is 12.1 Å². The van der Waals surface area contributed by atoms with Crippen molar-refractivity contribution < 1.29 is 19.0 Å². The van der Waals surface area contributed by atoms with E-state index >= 15 is 0 Å². The smallest absolute Gasteiger partial charge is 0.349 e. The summed E-state index contributed by atoms with van der Waals surface area (Å²) in [6.07, 6.45) is 0. The zero-order valence-corrected chi connectivity index (χ0v) is 10.8. The molecule has 0 aliphatic rings. The zero-order chi connectivity index (χ0) is 13.3. The van der Waals surface area contributed by atoms with Crippen LogP contribution in [0.4, 0.5) is 4.39 Å². The van der Waals surface area contributed by atoms with Crippen molar-refractivity contribution in [2.75, 3.05) is 0 Å². The lowest BCUT2D eigenvalue weighted by Gasteiger charge is -2.01. The summed E-state index contributed by atoms with van der Waals surface area (Å²) < 4.78 is 18.3. The number of aromatic carboxylic acids is 1. The van der Waals surface area contributed by atoms with Gasteiger partial charge in [0.05, 0.1) is 5.02 Å². The van der Waals surface area contributed by atoms with Gasteiger partial charge in [-0.05, 0) is 12.1 Å². The first-order chi connectivity index (χ1) is 8.47. The van der Waals surface area contributed by atoms with Crippen LogP contribution in [0, 0.1) is 5.82 Å². The second-order valence-corrected chi connectivity index (χ2v) is 4.81. The number of hydrogen-bond donors (Lipinski definition) is 1. The van der Waals surface area contributed by atoms with Gasteiger partial charge in [0.25, 0.3) is 5.19 Å². The van der Waals surface area contributed by atoms with Gasteiger partial charge in [0.2, 0.25) is 0 Å². The maximum Gasteiger partial charge on any atom is 0.349 e. The lowest BCUT2D eigenvalue weighted by Crippen LogP contribution is -1.91. The number of benzene rings is 1. The molecule has 1 N–H and O–H groups in total. The van der Waals surface area contributed by atoms with Crippen LogP contribution in [-0.4, -0.2) is 16.1 Å². The highest BCUT2D eigenvalue weighted by Crippen LogP contribution is 2.32. The summed E-state index contributed by atoms with van der Waals surface area (Å²) in [4.78, 5) is 14.3. The molecule has 2 rings (SSSR count). The first kappa shape index (κ1) is 13.1. The van der Waals surface area contributed by atoms with E-state index < -0.39 is 11.8 Å². The predicted octanol–water partition coefficient (Wildman–Crippen LogP) is 4.08. The molecule has 0 amide bonds. The van der Waals surface area contributed by atoms with Gasteiger partial charge in [0.1, 0.15) is 11.6 Å². The van der Waals surface area contributed by atoms with Crippen LogP contribution < -0.4 is 4.74 Å². The second-order valence-electron chi connectivity index (χ2n) is 3.08. The van der Waals surface area contributed by atoms with E-state index in [9.17, 15) is 9.18 Å². The second kappa shape index (κ2) is 5.09. The van der Waals surface area contributed by atoms with E-state index in [0.29, 0.717) is 0 Å². The molecule has 18 heavy (non-hydrogen) atoms. The minimum atomic E-state index is -1.20. The number of carboxylic acid groups (broad SMARTS) is 1. The van der Waals surface area contributed by atoms with Crippen molar-refractivity contribution in [3.63, 3.8) is 0 Å². The summed E-state index contributed by atoms with van der Waals surface area (Å²) >= 11 is 11.9. The molecule has 0 saturated carbocycles. The number of halogens is 3. The first-order valence-electron chi connectivity index (χ1n) is 4.50. The molecule has 4 nitrogen and oxygen atoms in total. The molecule has 0 unspecified atom stereocenters. The van der Waals surface area contributed by atoms with Crippen LogP contribution in [0.3, 0.4) is 0 Å². The van der Waals surface area contributed by atoms with Gasteiger partial charge in [-0.2, -0.15) is 4.98 Å². The Morgan fingerprint density at radius 2 is 2.17 bits per heavy atom. The number of rotatable bonds is 3. The minimum Gasteiger partial charge on any atom is -0.477 e. The third-order valence-corrected chi connectivity index (χ3v) is 3.47. The van der Waals surface area contributed by atoms with E-state index in [1.807, 2.05) is 0 Å². The third-order valence-electron chi connectivity index (χ3n) is 1.86. The summed E-state index contributed by atoms with van der Waals surface area (Å²) in [6.45, 7) is 0. The van der Waals surface area contributed by atoms with Crippen molar-refractivity contribution in [1.29, 1.82) is 0 Å². The topological polar surface area (TPSA) is 59.4 Å². The van der Waals surface area contributed by atoms with Gasteiger partial charge >= 0.3 is 5.97 Å². The van der Waals surface area contributed by atoms with Gasteiger partial charge in [0, 0.05) is 6.07 Å². The molecule has 0 aliphatic carbocycles. The Morgan fingerprint density at radius 1 is 1.44 bits per heavy atom. The van der Waals surface area contributed by atoms with Gasteiger partial charge in [-0.25, -0.2) is 9.18 Å². The molecule has 0 spiro atoms. The fourth-order valence-electron chi connectivity index (χ4n) is 1.10. The molecular weight excluding hydrogens is 304 g/mol. The average Bonchev–Trinajstić information content (AvgIpc) is 2.65. The highest BCUT2D eigenvalue weighted by molar-refractivity contribution is 7.15. The van der Waals surface area contributed by atoms with E-state index in [1.54, 1.807) is 0 Å². The Balaban J connectivity index is 2.26. The number of ether oxygens (including phenoxy) is 1. The Bertz CT molecular complexity index is 617. The van der Waals surface area contributed by atoms with Crippen LogP contribution in [0.15, 0.2) is 18.2 Å². The molecule has 0 atom stereocenters. The molecule has 1 heterocycles. The summed E-state index contributed by atoms with van der Waals surface area (Å²) in [6, 6.07) is 3.82. The lowest BCUT2D eigenvalue weighted by molar-refractivity contribution is 0.0702. The van der Waals surface area contributed by atoms with Gasteiger partial charge in [-0.1, -0.05) is 34.5 Å². The van der Waals surface area contributed by atoms with Gasteiger partial charge < -0.3 is 9.84 Å². The van der Waals surface area contributed by atoms with Crippen molar-refractivity contribution >= 4 is 40.5 Å². The van der Waals surface area contributed by atoms with Crippen molar-refractivity contribution in [1.82, 2.24) is 4.98 Å². The van der Waals surface area contributed by atoms with E-state index in [-0.39, 0.29) is 26.0 Å². The fraction of sp³-hybridized carbons (Fsp3) is 0. The van der Waals surface area contributed by atoms with Crippen LogP contribution in [0.2, 0.25) is 10.2 Å². The number of aromatic nitrogens is 1. The maximum atomic E-state index is 13.1. The molecule has 0 aliphatic heterocycles. The van der Waals surface area contributed by atoms with Crippen LogP contribution >= 0.6 is 34.5 Å². The Morgan fingerprint density at radius 3 is 2.72 bits per heavy atom. The molecule has 2 aromatic rings. The van der Waals surface area contributed by atoms with Gasteiger partial charge in [-0.3, -0.25) is 0 Å². The van der Waals surface area contributed by atoms with Crippen molar-refractivity contribution in [2.24, 2.45) is 0 Å². The number of carboxylic acids is 1. The van der Waals surface area contributed by atoms with Gasteiger partial charge in [0.15, 0.2) is 10.0 Å². The van der Waals surface area contributed by atoms with Crippen LogP contribution in [0.25, 0.3) is 0 Å². The molecule has 8 heteroatoms. The zero-order valence-electron chi connectivity index (χ0n) is 8.49. The van der Waals surface area contributed by atoms with Gasteiger partial charge in [-0.15, -0.1) is 0 Å². The summed E-state index contributed by atoms with van der Waals surface area (Å²) in [5.41, 5.74) is 0. The first-order valence-corrected chi connectivity index (χ1v) is 6.07. The number of hydrogen-bond acceptors (Lipinski definition) is 4. The summed E-state index contributed by atoms with van der Waals surface area (Å²) in [5.74, 6) is -1.69. The molecular formula is C10H4Cl2FNO3S. The highest BCUT2D eigenvalue weighted by atomic mass is 35.5. The van der Waals surface area contributed by atoms with Crippen molar-refractivity contribution in [3.05, 3.63) is 39.1 Å². The van der Waals surface area contributed by atoms with E-state index in [0.717, 1.165) is 17.4 Å². The Kier molecular flexibility index (Phi) is 3.70. The SMILES string of the molecule is O=C(O)c1sc(Oc2ccc(Cl)c(F)c2)nc1Cl. The molecule has 0 fully saturated rings. The fourth-order valence-corrected chi connectivity index (χ4v) is 2.21. The Labute approximate surface area is 115 Å². The monoisotopic (exact) mass is 307 g/mol. The quantitative estimate of drug-likeness (QED) is 0.928. The minimum absolute atomic E-state index is 0.0131. The van der Waals surface area contributed by atoms with E-state index in [4.69, 9.17) is 33.0 Å². The van der Waals surface area contributed by atoms with E-state index in [2.05, 4.69) is 4.98 Å². The number of carbonyl (C=O) groups is 1. The summed E-state index contributed by atoms with van der Waals surface area (Å²) in [7, 11) is 0. The standard InChI is InChI=1S/C10H4Cl2FNO3S/c11-5-2-1-4(3-6(5)13)17-10-14-8(12)7(18-10)9(15)16/h1-3H,(H,15,16). The molecule has 0 saturated heterocycles. The van der Waals surface area contributed by atoms with Crippen LogP contribution in [-0.2, 0) is 0 Å². The molecule has 1 aromatic heterocycles. The molecule has 0 radical (unpaired) electrons. The van der Waals surface area contributed by atoms with Crippen LogP contribution in [0.5, 0.6) is 10.9 Å². The largest absolute Gasteiger partial charge is 0.477 e.